The number of fused-ring (bicyclic) bond motifs is 1. The molecule has 0 saturated carbocycles. The maximum absolute atomic E-state index is 14.0. The molecule has 1 aliphatic heterocycles. The van der Waals surface area contributed by atoms with Crippen LogP contribution in [-0.2, 0) is 9.53 Å². The third-order valence-electron chi connectivity index (χ3n) is 5.95. The SMILES string of the molecule is CCCN(CC)C(=O)[C@H](C)Nc1nc(N2CCOCC2)cc(-n2c(C(F)F)nc3ccccc32)n1. The third kappa shape index (κ3) is 5.34. The largest absolute Gasteiger partial charge is 0.378 e. The Hall–Kier alpha value is -3.34. The van der Waals surface area contributed by atoms with Crippen LogP contribution < -0.4 is 10.2 Å². The minimum Gasteiger partial charge on any atom is -0.378 e. The van der Waals surface area contributed by atoms with Gasteiger partial charge in [0.25, 0.3) is 6.43 Å². The fourth-order valence-electron chi connectivity index (χ4n) is 4.21. The highest BCUT2D eigenvalue weighted by molar-refractivity contribution is 5.84. The van der Waals surface area contributed by atoms with Crippen molar-refractivity contribution in [3.05, 3.63) is 36.2 Å². The highest BCUT2D eigenvalue weighted by atomic mass is 19.3. The van der Waals surface area contributed by atoms with E-state index in [1.165, 1.54) is 4.57 Å². The van der Waals surface area contributed by atoms with Crippen LogP contribution in [0.3, 0.4) is 0 Å². The van der Waals surface area contributed by atoms with Crippen LogP contribution in [-0.4, -0.2) is 75.8 Å². The van der Waals surface area contributed by atoms with Gasteiger partial charge in [-0.25, -0.2) is 13.8 Å². The number of anilines is 2. The van der Waals surface area contributed by atoms with E-state index in [9.17, 15) is 13.6 Å². The molecule has 9 nitrogen and oxygen atoms in total. The number of hydrogen-bond donors (Lipinski definition) is 1. The summed E-state index contributed by atoms with van der Waals surface area (Å²) in [6.45, 7) is 9.24. The van der Waals surface area contributed by atoms with Gasteiger partial charge in [0.2, 0.25) is 11.9 Å². The highest BCUT2D eigenvalue weighted by Gasteiger charge is 2.25. The minimum absolute atomic E-state index is 0.0716. The molecule has 1 N–H and O–H groups in total. The van der Waals surface area contributed by atoms with Crippen molar-refractivity contribution in [2.24, 2.45) is 0 Å². The summed E-state index contributed by atoms with van der Waals surface area (Å²) in [5.41, 5.74) is 0.968. The van der Waals surface area contributed by atoms with Gasteiger partial charge in [0, 0.05) is 32.2 Å². The number of imidazole rings is 1. The molecule has 188 valence electrons. The molecule has 3 aromatic rings. The van der Waals surface area contributed by atoms with Crippen molar-refractivity contribution in [2.75, 3.05) is 49.6 Å². The summed E-state index contributed by atoms with van der Waals surface area (Å²) in [5, 5.41) is 3.10. The zero-order valence-electron chi connectivity index (χ0n) is 20.2. The summed E-state index contributed by atoms with van der Waals surface area (Å²) in [7, 11) is 0. The first-order valence-corrected chi connectivity index (χ1v) is 12.0. The highest BCUT2D eigenvalue weighted by Crippen LogP contribution is 2.29. The zero-order valence-corrected chi connectivity index (χ0v) is 20.2. The number of amides is 1. The first-order chi connectivity index (χ1) is 16.9. The Morgan fingerprint density at radius 3 is 2.54 bits per heavy atom. The molecule has 3 heterocycles. The molecule has 4 rings (SSSR count). The smallest absolute Gasteiger partial charge is 0.296 e. The number of aromatic nitrogens is 4. The van der Waals surface area contributed by atoms with E-state index >= 15 is 0 Å². The number of benzene rings is 1. The van der Waals surface area contributed by atoms with Gasteiger partial charge in [0.05, 0.1) is 24.2 Å². The van der Waals surface area contributed by atoms with Crippen molar-refractivity contribution >= 4 is 28.7 Å². The Bertz CT molecular complexity index is 1160. The molecule has 1 aromatic carbocycles. The maximum Gasteiger partial charge on any atom is 0.296 e. The number of nitrogens with one attached hydrogen (secondary N) is 1. The molecule has 0 unspecified atom stereocenters. The summed E-state index contributed by atoms with van der Waals surface area (Å²) < 4.78 is 34.8. The number of alkyl halides is 2. The second-order valence-electron chi connectivity index (χ2n) is 8.39. The van der Waals surface area contributed by atoms with Gasteiger partial charge in [-0.15, -0.1) is 0 Å². The number of likely N-dealkylation sites (N-methyl/N-ethyl adjacent to an activating group) is 1. The number of carbonyl (C=O) groups is 1. The zero-order chi connectivity index (χ0) is 24.9. The number of hydrogen-bond acceptors (Lipinski definition) is 7. The third-order valence-corrected chi connectivity index (χ3v) is 5.95. The van der Waals surface area contributed by atoms with E-state index in [1.54, 1.807) is 42.2 Å². The Kier molecular flexibility index (Phi) is 7.74. The molecule has 0 radical (unpaired) electrons. The van der Waals surface area contributed by atoms with E-state index in [0.29, 0.717) is 56.2 Å². The van der Waals surface area contributed by atoms with Crippen molar-refractivity contribution < 1.29 is 18.3 Å². The summed E-state index contributed by atoms with van der Waals surface area (Å²) in [4.78, 5) is 30.1. The van der Waals surface area contributed by atoms with Gasteiger partial charge >= 0.3 is 0 Å². The van der Waals surface area contributed by atoms with Crippen molar-refractivity contribution in [1.29, 1.82) is 0 Å². The lowest BCUT2D eigenvalue weighted by Crippen LogP contribution is -2.42. The van der Waals surface area contributed by atoms with Crippen molar-refractivity contribution in [3.8, 4) is 5.82 Å². The van der Waals surface area contributed by atoms with Crippen molar-refractivity contribution in [2.45, 2.75) is 39.7 Å². The number of para-hydroxylation sites is 2. The minimum atomic E-state index is -2.80. The number of rotatable bonds is 9. The van der Waals surface area contributed by atoms with Crippen LogP contribution in [0.1, 0.15) is 39.4 Å². The maximum atomic E-state index is 14.0. The second-order valence-corrected chi connectivity index (χ2v) is 8.39. The van der Waals surface area contributed by atoms with Crippen LogP contribution >= 0.6 is 0 Å². The van der Waals surface area contributed by atoms with E-state index in [1.807, 2.05) is 18.7 Å². The Morgan fingerprint density at radius 1 is 1.14 bits per heavy atom. The lowest BCUT2D eigenvalue weighted by molar-refractivity contribution is -0.131. The summed E-state index contributed by atoms with van der Waals surface area (Å²) >= 11 is 0. The van der Waals surface area contributed by atoms with Crippen LogP contribution in [0.25, 0.3) is 16.9 Å². The predicted octanol–water partition coefficient (Wildman–Crippen LogP) is 3.65. The molecular formula is C24H31F2N7O2. The number of nitrogens with zero attached hydrogens (tertiary/aromatic N) is 6. The fraction of sp³-hybridized carbons (Fsp3) is 0.500. The Morgan fingerprint density at radius 2 is 1.86 bits per heavy atom. The van der Waals surface area contributed by atoms with E-state index < -0.39 is 18.3 Å². The van der Waals surface area contributed by atoms with E-state index in [-0.39, 0.29) is 17.7 Å². The number of ether oxygens (including phenoxy) is 1. The van der Waals surface area contributed by atoms with E-state index in [4.69, 9.17) is 4.74 Å². The van der Waals surface area contributed by atoms with E-state index in [0.717, 1.165) is 6.42 Å². The molecule has 11 heteroatoms. The topological polar surface area (TPSA) is 88.4 Å². The lowest BCUT2D eigenvalue weighted by Gasteiger charge is -2.29. The van der Waals surface area contributed by atoms with Gasteiger partial charge in [0.1, 0.15) is 17.7 Å². The van der Waals surface area contributed by atoms with Crippen LogP contribution in [0, 0.1) is 0 Å². The van der Waals surface area contributed by atoms with Gasteiger partial charge in [-0.1, -0.05) is 19.1 Å². The summed E-state index contributed by atoms with van der Waals surface area (Å²) in [6, 6.07) is 8.03. The molecule has 2 aromatic heterocycles. The average Bonchev–Trinajstić information content (AvgIpc) is 3.27. The summed E-state index contributed by atoms with van der Waals surface area (Å²) in [6.07, 6.45) is -1.95. The standard InChI is InChI=1S/C24H31F2N7O2/c1-4-10-31(5-2)23(34)16(3)27-24-29-19(32-11-13-35-14-12-32)15-20(30-24)33-18-9-7-6-8-17(18)28-22(33)21(25)26/h6-9,15-16,21H,4-5,10-14H2,1-3H3,(H,27,29,30)/t16-/m0/s1. The van der Waals surface area contributed by atoms with Gasteiger partial charge in [-0.2, -0.15) is 9.97 Å². The Balaban J connectivity index is 1.77. The molecule has 0 aliphatic carbocycles. The molecule has 35 heavy (non-hydrogen) atoms. The number of carbonyl (C=O) groups excluding carboxylic acids is 1. The molecule has 1 atom stereocenters. The van der Waals surface area contributed by atoms with Crippen LogP contribution in [0.15, 0.2) is 30.3 Å². The molecule has 1 fully saturated rings. The predicted molar refractivity (Wildman–Crippen MR) is 130 cm³/mol. The van der Waals surface area contributed by atoms with Crippen LogP contribution in [0.5, 0.6) is 0 Å². The van der Waals surface area contributed by atoms with Gasteiger partial charge in [-0.3, -0.25) is 9.36 Å². The lowest BCUT2D eigenvalue weighted by atomic mass is 10.2. The Labute approximate surface area is 203 Å². The molecular weight excluding hydrogens is 456 g/mol. The van der Waals surface area contributed by atoms with Gasteiger partial charge < -0.3 is 19.9 Å². The molecule has 1 aliphatic rings. The van der Waals surface area contributed by atoms with Gasteiger partial charge in [0.15, 0.2) is 5.82 Å². The number of halogens is 2. The second kappa shape index (κ2) is 10.9. The van der Waals surface area contributed by atoms with Crippen molar-refractivity contribution in [3.63, 3.8) is 0 Å². The molecule has 1 saturated heterocycles. The van der Waals surface area contributed by atoms with Crippen molar-refractivity contribution in [1.82, 2.24) is 24.4 Å². The van der Waals surface area contributed by atoms with Crippen LogP contribution in [0.2, 0.25) is 0 Å². The van der Waals surface area contributed by atoms with Crippen LogP contribution in [0.4, 0.5) is 20.5 Å². The summed E-state index contributed by atoms with van der Waals surface area (Å²) in [5.74, 6) is 0.550. The van der Waals surface area contributed by atoms with Gasteiger partial charge in [-0.05, 0) is 32.4 Å². The fourth-order valence-corrected chi connectivity index (χ4v) is 4.21. The monoisotopic (exact) mass is 487 g/mol. The molecule has 0 bridgehead atoms. The molecule has 1 amide bonds. The first-order valence-electron chi connectivity index (χ1n) is 12.0. The number of morpholine rings is 1. The average molecular weight is 488 g/mol. The van der Waals surface area contributed by atoms with E-state index in [2.05, 4.69) is 20.3 Å². The quantitative estimate of drug-likeness (QED) is 0.493. The molecule has 0 spiro atoms. The normalized spacial score (nSPS) is 15.0. The first kappa shape index (κ1) is 24.8.